The van der Waals surface area contributed by atoms with E-state index < -0.39 is 13.3 Å². The maximum Gasteiger partial charge on any atom is 0.275 e. The third kappa shape index (κ3) is 3.65. The van der Waals surface area contributed by atoms with Crippen LogP contribution < -0.4 is 0 Å². The fourth-order valence-electron chi connectivity index (χ4n) is 1.93. The van der Waals surface area contributed by atoms with Crippen molar-refractivity contribution in [1.82, 2.24) is 0 Å². The molecule has 1 rings (SSSR count). The molecule has 0 radical (unpaired) electrons. The van der Waals surface area contributed by atoms with E-state index in [-0.39, 0.29) is 10.6 Å². The molecule has 0 unspecified atom stereocenters. The van der Waals surface area contributed by atoms with Crippen LogP contribution in [0.25, 0.3) is 0 Å². The zero-order valence-electron chi connectivity index (χ0n) is 10.9. The van der Waals surface area contributed by atoms with E-state index in [9.17, 15) is 14.9 Å². The first kappa shape index (κ1) is 14.9. The lowest BCUT2D eigenvalue weighted by Crippen LogP contribution is -2.24. The van der Waals surface area contributed by atoms with Crippen LogP contribution >= 0.6 is 11.6 Å². The van der Waals surface area contributed by atoms with E-state index >= 15 is 0 Å². The lowest BCUT2D eigenvalue weighted by Gasteiger charge is -2.17. The molecular formula is C12H16ClNO3Si. The zero-order chi connectivity index (χ0) is 14.1. The standard InChI is InChI=1S/C12H16ClNO3Si/c1-8-5-9(12(13)15)6-10(7-18(2,3)4)11(8)14(16)17/h5-6H,7H2,1-4H3. The minimum absolute atomic E-state index is 0.110. The van der Waals surface area contributed by atoms with Gasteiger partial charge in [-0.3, -0.25) is 14.9 Å². The summed E-state index contributed by atoms with van der Waals surface area (Å²) in [6.07, 6.45) is 0. The van der Waals surface area contributed by atoms with Crippen molar-refractivity contribution in [2.24, 2.45) is 0 Å². The van der Waals surface area contributed by atoms with Crippen LogP contribution in [0.15, 0.2) is 12.1 Å². The molecule has 0 aliphatic carbocycles. The number of nitro groups is 1. The molecule has 0 heterocycles. The van der Waals surface area contributed by atoms with Crippen molar-refractivity contribution >= 4 is 30.6 Å². The Morgan fingerprint density at radius 3 is 2.33 bits per heavy atom. The van der Waals surface area contributed by atoms with E-state index in [4.69, 9.17) is 11.6 Å². The van der Waals surface area contributed by atoms with Gasteiger partial charge < -0.3 is 0 Å². The third-order valence-corrected chi connectivity index (χ3v) is 4.17. The number of aryl methyl sites for hydroxylation is 1. The summed E-state index contributed by atoms with van der Waals surface area (Å²) in [6, 6.07) is 3.68. The Morgan fingerprint density at radius 2 is 1.94 bits per heavy atom. The lowest BCUT2D eigenvalue weighted by molar-refractivity contribution is -0.386. The second-order valence-corrected chi connectivity index (χ2v) is 11.4. The van der Waals surface area contributed by atoms with E-state index in [1.165, 1.54) is 6.07 Å². The van der Waals surface area contributed by atoms with Gasteiger partial charge in [-0.15, -0.1) is 0 Å². The molecule has 0 aliphatic rings. The van der Waals surface area contributed by atoms with Crippen LogP contribution in [-0.2, 0) is 6.04 Å². The van der Waals surface area contributed by atoms with Crippen LogP contribution in [-0.4, -0.2) is 18.2 Å². The minimum atomic E-state index is -1.51. The Labute approximate surface area is 112 Å². The van der Waals surface area contributed by atoms with Gasteiger partial charge in [0, 0.05) is 24.8 Å². The topological polar surface area (TPSA) is 60.2 Å². The van der Waals surface area contributed by atoms with E-state index in [1.807, 2.05) is 0 Å². The maximum absolute atomic E-state index is 11.2. The van der Waals surface area contributed by atoms with Gasteiger partial charge in [-0.05, 0) is 36.7 Å². The maximum atomic E-state index is 11.2. The van der Waals surface area contributed by atoms with Crippen molar-refractivity contribution in [2.45, 2.75) is 32.6 Å². The molecule has 1 aromatic rings. The molecule has 0 bridgehead atoms. The van der Waals surface area contributed by atoms with Gasteiger partial charge in [0.1, 0.15) is 0 Å². The Hall–Kier alpha value is -1.20. The van der Waals surface area contributed by atoms with Crippen molar-refractivity contribution in [2.75, 3.05) is 0 Å². The second kappa shape index (κ2) is 5.20. The highest BCUT2D eigenvalue weighted by molar-refractivity contribution is 6.75. The summed E-state index contributed by atoms with van der Waals surface area (Å²) in [5.74, 6) is 0. The molecule has 0 amide bonds. The first-order chi connectivity index (χ1) is 8.11. The van der Waals surface area contributed by atoms with Gasteiger partial charge in [0.25, 0.3) is 10.9 Å². The molecule has 0 fully saturated rings. The smallest absolute Gasteiger partial charge is 0.275 e. The molecule has 6 heteroatoms. The van der Waals surface area contributed by atoms with E-state index in [2.05, 4.69) is 19.6 Å². The average Bonchev–Trinajstić information content (AvgIpc) is 2.12. The molecule has 1 aromatic carbocycles. The summed E-state index contributed by atoms with van der Waals surface area (Å²) in [6.45, 7) is 8.01. The molecule has 0 saturated carbocycles. The van der Waals surface area contributed by atoms with E-state index in [0.717, 1.165) is 0 Å². The third-order valence-electron chi connectivity index (χ3n) is 2.51. The summed E-state index contributed by atoms with van der Waals surface area (Å²) < 4.78 is 0. The molecule has 0 saturated heterocycles. The van der Waals surface area contributed by atoms with E-state index in [1.54, 1.807) is 13.0 Å². The van der Waals surface area contributed by atoms with Crippen molar-refractivity contribution in [3.8, 4) is 0 Å². The van der Waals surface area contributed by atoms with Crippen LogP contribution in [0.1, 0.15) is 21.5 Å². The first-order valence-corrected chi connectivity index (χ1v) is 9.68. The number of rotatable bonds is 4. The predicted molar refractivity (Wildman–Crippen MR) is 75.1 cm³/mol. The molecule has 98 valence electrons. The van der Waals surface area contributed by atoms with E-state index in [0.29, 0.717) is 22.7 Å². The quantitative estimate of drug-likeness (QED) is 0.367. The fraction of sp³-hybridized carbons (Fsp3) is 0.417. The highest BCUT2D eigenvalue weighted by Crippen LogP contribution is 2.28. The Kier molecular flexibility index (Phi) is 4.29. The Balaban J connectivity index is 3.43. The van der Waals surface area contributed by atoms with Crippen molar-refractivity contribution in [1.29, 1.82) is 0 Å². The van der Waals surface area contributed by atoms with Gasteiger partial charge in [-0.25, -0.2) is 0 Å². The minimum Gasteiger partial charge on any atom is -0.276 e. The summed E-state index contributed by atoms with van der Waals surface area (Å²) in [5, 5.41) is 10.5. The van der Waals surface area contributed by atoms with Crippen molar-refractivity contribution in [3.05, 3.63) is 38.9 Å². The highest BCUT2D eigenvalue weighted by Gasteiger charge is 2.24. The second-order valence-electron chi connectivity index (χ2n) is 5.57. The first-order valence-electron chi connectivity index (χ1n) is 5.59. The summed E-state index contributed by atoms with van der Waals surface area (Å²) in [5.41, 5.74) is 1.54. The van der Waals surface area contributed by atoms with Crippen molar-refractivity contribution < 1.29 is 9.72 Å². The van der Waals surface area contributed by atoms with Crippen LogP contribution in [0, 0.1) is 17.0 Å². The van der Waals surface area contributed by atoms with Gasteiger partial charge in [0.05, 0.1) is 4.92 Å². The predicted octanol–water partition coefficient (Wildman–Crippen LogP) is 3.70. The normalized spacial score (nSPS) is 11.4. The zero-order valence-corrected chi connectivity index (χ0v) is 12.7. The number of halogens is 1. The van der Waals surface area contributed by atoms with Crippen molar-refractivity contribution in [3.63, 3.8) is 0 Å². The molecule has 4 nitrogen and oxygen atoms in total. The fourth-order valence-corrected chi connectivity index (χ4v) is 3.45. The molecule has 0 aliphatic heterocycles. The number of carbonyl (C=O) groups is 1. The number of benzene rings is 1. The molecule has 0 spiro atoms. The average molecular weight is 286 g/mol. The van der Waals surface area contributed by atoms with Gasteiger partial charge in [0.15, 0.2) is 0 Å². The highest BCUT2D eigenvalue weighted by atomic mass is 35.5. The Morgan fingerprint density at radius 1 is 1.39 bits per heavy atom. The number of nitro benzene ring substituents is 1. The molecule has 0 aromatic heterocycles. The van der Waals surface area contributed by atoms with Gasteiger partial charge in [0.2, 0.25) is 0 Å². The SMILES string of the molecule is Cc1cc(C(=O)Cl)cc(C[Si](C)(C)C)c1[N+](=O)[O-]. The number of hydrogen-bond acceptors (Lipinski definition) is 3. The lowest BCUT2D eigenvalue weighted by atomic mass is 10.1. The van der Waals surface area contributed by atoms with Crippen LogP contribution in [0.2, 0.25) is 19.6 Å². The number of carbonyl (C=O) groups excluding carboxylic acids is 1. The van der Waals surface area contributed by atoms with Gasteiger partial charge in [-0.1, -0.05) is 19.6 Å². The number of nitrogens with zero attached hydrogens (tertiary/aromatic N) is 1. The number of hydrogen-bond donors (Lipinski definition) is 0. The summed E-state index contributed by atoms with van der Waals surface area (Å²) in [7, 11) is -1.51. The molecular weight excluding hydrogens is 270 g/mol. The van der Waals surface area contributed by atoms with Crippen LogP contribution in [0.3, 0.4) is 0 Å². The van der Waals surface area contributed by atoms with Gasteiger partial charge >= 0.3 is 0 Å². The molecule has 0 N–H and O–H groups in total. The Bertz CT molecular complexity index is 509. The largest absolute Gasteiger partial charge is 0.276 e. The van der Waals surface area contributed by atoms with Crippen LogP contribution in [0.4, 0.5) is 5.69 Å². The summed E-state index contributed by atoms with van der Waals surface area (Å²) in [4.78, 5) is 21.9. The van der Waals surface area contributed by atoms with Gasteiger partial charge in [-0.2, -0.15) is 0 Å². The molecule has 0 atom stereocenters. The van der Waals surface area contributed by atoms with Crippen LogP contribution in [0.5, 0.6) is 0 Å². The monoisotopic (exact) mass is 285 g/mol. The molecule has 18 heavy (non-hydrogen) atoms. The summed E-state index contributed by atoms with van der Waals surface area (Å²) >= 11 is 5.45.